The molecule has 0 radical (unpaired) electrons. The van der Waals surface area contributed by atoms with E-state index in [0.29, 0.717) is 10.7 Å². The van der Waals surface area contributed by atoms with Crippen molar-refractivity contribution in [1.82, 2.24) is 0 Å². The van der Waals surface area contributed by atoms with Crippen LogP contribution in [-0.4, -0.2) is 36.8 Å². The molecule has 1 aromatic carbocycles. The lowest BCUT2D eigenvalue weighted by atomic mass is 9.96. The first kappa shape index (κ1) is 20.4. The van der Waals surface area contributed by atoms with Crippen molar-refractivity contribution < 1.29 is 14.3 Å². The molecule has 0 aromatic heterocycles. The van der Waals surface area contributed by atoms with Crippen molar-refractivity contribution in [3.05, 3.63) is 28.8 Å². The molecular formula is C20H27ClN2O3. The quantitative estimate of drug-likeness (QED) is 0.700. The lowest BCUT2D eigenvalue weighted by molar-refractivity contribution is -0.142. The summed E-state index contributed by atoms with van der Waals surface area (Å²) in [5, 5.41) is 0.572. The molecule has 1 aliphatic rings. The number of anilines is 1. The third kappa shape index (κ3) is 4.26. The van der Waals surface area contributed by atoms with Crippen molar-refractivity contribution in [1.29, 1.82) is 0 Å². The molecule has 0 fully saturated rings. The van der Waals surface area contributed by atoms with Gasteiger partial charge in [0.2, 0.25) is 0 Å². The number of hydrogen-bond donors (Lipinski definition) is 0. The van der Waals surface area contributed by atoms with Crippen LogP contribution in [0.15, 0.2) is 23.2 Å². The zero-order chi connectivity index (χ0) is 19.4. The van der Waals surface area contributed by atoms with E-state index in [1.165, 1.54) is 4.90 Å². The highest BCUT2D eigenvalue weighted by molar-refractivity contribution is 6.31. The van der Waals surface area contributed by atoms with Gasteiger partial charge in [0.1, 0.15) is 12.6 Å². The first-order valence-electron chi connectivity index (χ1n) is 9.14. The van der Waals surface area contributed by atoms with E-state index in [1.54, 1.807) is 19.1 Å². The second kappa shape index (κ2) is 8.67. The van der Waals surface area contributed by atoms with Gasteiger partial charge in [0.15, 0.2) is 0 Å². The van der Waals surface area contributed by atoms with E-state index in [0.717, 1.165) is 17.7 Å². The molecule has 0 bridgehead atoms. The zero-order valence-electron chi connectivity index (χ0n) is 16.1. The normalized spacial score (nSPS) is 18.3. The van der Waals surface area contributed by atoms with E-state index < -0.39 is 12.0 Å². The summed E-state index contributed by atoms with van der Waals surface area (Å²) in [6.07, 6.45) is 0.815. The zero-order valence-corrected chi connectivity index (χ0v) is 16.8. The number of esters is 1. The molecule has 2 atom stereocenters. The minimum absolute atomic E-state index is 0.0609. The lowest BCUT2D eigenvalue weighted by Crippen LogP contribution is -2.43. The molecule has 142 valence electrons. The Morgan fingerprint density at radius 3 is 2.58 bits per heavy atom. The number of carbonyl (C=O) groups is 2. The van der Waals surface area contributed by atoms with Crippen molar-refractivity contribution in [3.8, 4) is 0 Å². The maximum absolute atomic E-state index is 13.3. The summed E-state index contributed by atoms with van der Waals surface area (Å²) in [4.78, 5) is 31.7. The molecule has 26 heavy (non-hydrogen) atoms. The summed E-state index contributed by atoms with van der Waals surface area (Å²) >= 11 is 6.22. The van der Waals surface area contributed by atoms with Crippen LogP contribution >= 0.6 is 11.6 Å². The topological polar surface area (TPSA) is 59.0 Å². The fourth-order valence-corrected chi connectivity index (χ4v) is 3.23. The highest BCUT2D eigenvalue weighted by Crippen LogP contribution is 2.32. The minimum Gasteiger partial charge on any atom is -0.465 e. The summed E-state index contributed by atoms with van der Waals surface area (Å²) in [5.74, 6) is -0.427. The van der Waals surface area contributed by atoms with Crippen molar-refractivity contribution in [2.45, 2.75) is 47.1 Å². The third-order valence-electron chi connectivity index (χ3n) is 4.64. The van der Waals surface area contributed by atoms with E-state index in [-0.39, 0.29) is 30.9 Å². The molecule has 1 heterocycles. The van der Waals surface area contributed by atoms with Crippen LogP contribution < -0.4 is 4.90 Å². The molecule has 0 saturated carbocycles. The van der Waals surface area contributed by atoms with Crippen LogP contribution in [0.1, 0.15) is 46.6 Å². The van der Waals surface area contributed by atoms with Crippen molar-refractivity contribution in [2.75, 3.05) is 18.1 Å². The lowest BCUT2D eigenvalue weighted by Gasteiger charge is -2.26. The third-order valence-corrected chi connectivity index (χ3v) is 4.88. The predicted octanol–water partition coefficient (Wildman–Crippen LogP) is 4.11. The van der Waals surface area contributed by atoms with Crippen LogP contribution in [-0.2, 0) is 14.3 Å². The largest absolute Gasteiger partial charge is 0.465 e. The Kier molecular flexibility index (Phi) is 6.81. The monoisotopic (exact) mass is 378 g/mol. The van der Waals surface area contributed by atoms with Crippen LogP contribution in [0.2, 0.25) is 5.02 Å². The summed E-state index contributed by atoms with van der Waals surface area (Å²) in [7, 11) is 0. The molecule has 1 amide bonds. The highest BCUT2D eigenvalue weighted by atomic mass is 35.5. The van der Waals surface area contributed by atoms with Gasteiger partial charge in [-0.1, -0.05) is 45.7 Å². The van der Waals surface area contributed by atoms with Crippen LogP contribution in [0.4, 0.5) is 5.69 Å². The summed E-state index contributed by atoms with van der Waals surface area (Å²) in [6, 6.07) is 4.80. The van der Waals surface area contributed by atoms with Gasteiger partial charge in [-0.25, -0.2) is 0 Å². The average Bonchev–Trinajstić information content (AvgIpc) is 2.70. The van der Waals surface area contributed by atoms with Gasteiger partial charge in [0.05, 0.1) is 12.3 Å². The maximum Gasteiger partial charge on any atom is 0.326 e. The predicted molar refractivity (Wildman–Crippen MR) is 105 cm³/mol. The summed E-state index contributed by atoms with van der Waals surface area (Å²) in [5.41, 5.74) is 2.30. The van der Waals surface area contributed by atoms with Gasteiger partial charge in [0.25, 0.3) is 5.91 Å². The number of ether oxygens (including phenoxy) is 1. The second-order valence-electron chi connectivity index (χ2n) is 6.89. The summed E-state index contributed by atoms with van der Waals surface area (Å²) in [6.45, 7) is 10.0. The van der Waals surface area contributed by atoms with Gasteiger partial charge in [-0.2, -0.15) is 0 Å². The smallest absolute Gasteiger partial charge is 0.326 e. The number of benzene rings is 1. The Hall–Kier alpha value is -1.88. The summed E-state index contributed by atoms with van der Waals surface area (Å²) < 4.78 is 5.07. The Labute approximate surface area is 160 Å². The fraction of sp³-hybridized carbons (Fsp3) is 0.550. The van der Waals surface area contributed by atoms with E-state index >= 15 is 0 Å². The Morgan fingerprint density at radius 1 is 1.31 bits per heavy atom. The van der Waals surface area contributed by atoms with E-state index in [1.807, 2.05) is 33.8 Å². The molecular weight excluding hydrogens is 352 g/mol. The Balaban J connectivity index is 2.62. The molecule has 2 rings (SSSR count). The van der Waals surface area contributed by atoms with Crippen molar-refractivity contribution >= 4 is 34.9 Å². The van der Waals surface area contributed by atoms with E-state index in [2.05, 4.69) is 0 Å². The second-order valence-corrected chi connectivity index (χ2v) is 7.33. The van der Waals surface area contributed by atoms with Crippen molar-refractivity contribution in [2.24, 2.45) is 16.8 Å². The Morgan fingerprint density at radius 2 is 2.00 bits per heavy atom. The molecule has 1 aliphatic heterocycles. The van der Waals surface area contributed by atoms with Crippen molar-refractivity contribution in [3.63, 3.8) is 0 Å². The molecule has 6 heteroatoms. The molecule has 0 aliphatic carbocycles. The van der Waals surface area contributed by atoms with Crippen LogP contribution in [0.5, 0.6) is 0 Å². The standard InChI is InChI=1S/C20H27ClN2O3/c1-6-13(5)19-20(25)23(11-17(24)26-7-2)16-9-8-14(21)10-15(16)18(22-19)12(3)4/h8-10,12-13,19H,6-7,11H2,1-5H3. The van der Waals surface area contributed by atoms with Crippen LogP contribution in [0.25, 0.3) is 0 Å². The number of fused-ring (bicyclic) bond motifs is 1. The molecule has 0 spiro atoms. The number of nitrogens with zero attached hydrogens (tertiary/aromatic N) is 2. The minimum atomic E-state index is -0.530. The van der Waals surface area contributed by atoms with Gasteiger partial charge < -0.3 is 4.74 Å². The highest BCUT2D eigenvalue weighted by Gasteiger charge is 2.36. The number of benzodiazepines with no additional fused rings is 1. The van der Waals surface area contributed by atoms with E-state index in [4.69, 9.17) is 21.3 Å². The molecule has 2 unspecified atom stereocenters. The molecule has 0 N–H and O–H groups in total. The first-order chi connectivity index (χ1) is 12.3. The number of halogens is 1. The van der Waals surface area contributed by atoms with Gasteiger partial charge >= 0.3 is 5.97 Å². The number of rotatable bonds is 6. The number of aliphatic imine (C=N–C) groups is 1. The SMILES string of the molecule is CCOC(=O)CN1C(=O)C(C(C)CC)N=C(C(C)C)c2cc(Cl)ccc21. The van der Waals surface area contributed by atoms with Gasteiger partial charge in [0, 0.05) is 16.3 Å². The maximum atomic E-state index is 13.3. The number of hydrogen-bond acceptors (Lipinski definition) is 4. The first-order valence-corrected chi connectivity index (χ1v) is 9.52. The average molecular weight is 379 g/mol. The fourth-order valence-electron chi connectivity index (χ4n) is 3.05. The number of amides is 1. The van der Waals surface area contributed by atoms with Gasteiger partial charge in [-0.3, -0.25) is 19.5 Å². The number of carbonyl (C=O) groups excluding carboxylic acids is 2. The van der Waals surface area contributed by atoms with Gasteiger partial charge in [-0.15, -0.1) is 0 Å². The molecule has 5 nitrogen and oxygen atoms in total. The van der Waals surface area contributed by atoms with Crippen LogP contribution in [0.3, 0.4) is 0 Å². The Bertz CT molecular complexity index is 715. The molecule has 1 aromatic rings. The van der Waals surface area contributed by atoms with Crippen LogP contribution in [0, 0.1) is 11.8 Å². The van der Waals surface area contributed by atoms with E-state index in [9.17, 15) is 9.59 Å². The molecule has 0 saturated heterocycles. The van der Waals surface area contributed by atoms with Gasteiger partial charge in [-0.05, 0) is 37.0 Å².